The number of hydrogen-bond acceptors (Lipinski definition) is 10. The molecular formula is C34H31I2N3O8S. The van der Waals surface area contributed by atoms with E-state index in [1.54, 1.807) is 44.4 Å². The number of rotatable bonds is 12. The molecule has 1 aromatic heterocycles. The van der Waals surface area contributed by atoms with Gasteiger partial charge in [-0.15, -0.1) is 0 Å². The standard InChI is InChI=1S/C34H31I2N3O8S/c1-5-7-26-29(33(41)46-6-2)30(23-17-22(44-3)12-13-27(23)45-4)38-32(40)28(48-34(38)37-26)16-20-14-24(35)31(25(36)15-20)47-18-19-8-10-21(11-9-19)39(42)43/h8-17,30H,5-7,18H2,1-4H3/b28-16-/t30-/m1/s1. The highest BCUT2D eigenvalue weighted by Crippen LogP contribution is 2.39. The molecule has 0 saturated heterocycles. The van der Waals surface area contributed by atoms with Crippen molar-refractivity contribution in [2.75, 3.05) is 20.8 Å². The lowest BCUT2D eigenvalue weighted by molar-refractivity contribution is -0.384. The lowest BCUT2D eigenvalue weighted by Gasteiger charge is -2.27. The van der Waals surface area contributed by atoms with Crippen LogP contribution in [0, 0.1) is 17.3 Å². The Morgan fingerprint density at radius 3 is 2.38 bits per heavy atom. The number of hydrogen-bond donors (Lipinski definition) is 0. The summed E-state index contributed by atoms with van der Waals surface area (Å²) < 4.78 is 26.5. The number of halogens is 2. The van der Waals surface area contributed by atoms with Crippen molar-refractivity contribution in [1.29, 1.82) is 0 Å². The third-order valence-electron chi connectivity index (χ3n) is 7.47. The number of ether oxygens (including phenoxy) is 4. The summed E-state index contributed by atoms with van der Waals surface area (Å²) in [4.78, 5) is 43.7. The van der Waals surface area contributed by atoms with Crippen molar-refractivity contribution in [2.24, 2.45) is 4.99 Å². The minimum Gasteiger partial charge on any atom is -0.497 e. The van der Waals surface area contributed by atoms with Crippen LogP contribution in [0.3, 0.4) is 0 Å². The second-order valence-electron chi connectivity index (χ2n) is 10.5. The van der Waals surface area contributed by atoms with E-state index in [1.165, 1.54) is 35.1 Å². The zero-order chi connectivity index (χ0) is 34.5. The van der Waals surface area contributed by atoms with E-state index in [1.807, 2.05) is 25.1 Å². The molecule has 0 aliphatic carbocycles. The van der Waals surface area contributed by atoms with Crippen LogP contribution < -0.4 is 29.1 Å². The molecule has 0 N–H and O–H groups in total. The number of methoxy groups -OCH3 is 2. The first-order valence-electron chi connectivity index (χ1n) is 14.9. The summed E-state index contributed by atoms with van der Waals surface area (Å²) in [6.45, 7) is 4.14. The van der Waals surface area contributed by atoms with E-state index in [0.29, 0.717) is 49.8 Å². The van der Waals surface area contributed by atoms with Crippen molar-refractivity contribution >= 4 is 74.3 Å². The van der Waals surface area contributed by atoms with Crippen LogP contribution in [0.5, 0.6) is 17.2 Å². The number of nitro benzene ring substituents is 1. The van der Waals surface area contributed by atoms with Gasteiger partial charge in [0, 0.05) is 17.7 Å². The summed E-state index contributed by atoms with van der Waals surface area (Å²) in [5.41, 5.74) is 2.73. The zero-order valence-corrected chi connectivity index (χ0v) is 31.6. The van der Waals surface area contributed by atoms with Crippen molar-refractivity contribution < 1.29 is 28.7 Å². The summed E-state index contributed by atoms with van der Waals surface area (Å²) >= 11 is 5.63. The Morgan fingerprint density at radius 1 is 1.06 bits per heavy atom. The molecule has 5 rings (SSSR count). The largest absolute Gasteiger partial charge is 0.497 e. The predicted molar refractivity (Wildman–Crippen MR) is 198 cm³/mol. The van der Waals surface area contributed by atoms with E-state index >= 15 is 0 Å². The quantitative estimate of drug-likeness (QED) is 0.0703. The number of fused-ring (bicyclic) bond motifs is 1. The monoisotopic (exact) mass is 895 g/mol. The number of carbonyl (C=O) groups is 1. The molecular weight excluding hydrogens is 864 g/mol. The molecule has 14 heteroatoms. The second kappa shape index (κ2) is 15.6. The van der Waals surface area contributed by atoms with Crippen LogP contribution >= 0.6 is 56.5 Å². The first-order chi connectivity index (χ1) is 23.1. The lowest BCUT2D eigenvalue weighted by atomic mass is 9.93. The average Bonchev–Trinajstić information content (AvgIpc) is 3.37. The van der Waals surface area contributed by atoms with Gasteiger partial charge in [0.1, 0.15) is 29.9 Å². The van der Waals surface area contributed by atoms with Crippen LogP contribution in [0.1, 0.15) is 49.4 Å². The highest BCUT2D eigenvalue weighted by Gasteiger charge is 2.36. The Balaban J connectivity index is 1.60. The highest BCUT2D eigenvalue weighted by molar-refractivity contribution is 14.1. The second-order valence-corrected chi connectivity index (χ2v) is 13.9. The molecule has 1 aliphatic heterocycles. The van der Waals surface area contributed by atoms with E-state index in [9.17, 15) is 19.7 Å². The zero-order valence-electron chi connectivity index (χ0n) is 26.5. The molecule has 0 fully saturated rings. The maximum absolute atomic E-state index is 14.3. The predicted octanol–water partition coefficient (Wildman–Crippen LogP) is 6.29. The van der Waals surface area contributed by atoms with Gasteiger partial charge in [-0.05, 0) is 118 Å². The Bertz CT molecular complexity index is 2070. The van der Waals surface area contributed by atoms with E-state index in [-0.39, 0.29) is 24.5 Å². The number of esters is 1. The smallest absolute Gasteiger partial charge is 0.338 e. The Morgan fingerprint density at radius 2 is 1.77 bits per heavy atom. The molecule has 1 aliphatic rings. The van der Waals surface area contributed by atoms with Crippen molar-refractivity contribution in [3.8, 4) is 17.2 Å². The van der Waals surface area contributed by atoms with Crippen LogP contribution in [0.4, 0.5) is 5.69 Å². The molecule has 0 saturated carbocycles. The average molecular weight is 896 g/mol. The summed E-state index contributed by atoms with van der Waals surface area (Å²) in [7, 11) is 3.09. The number of benzene rings is 3. The van der Waals surface area contributed by atoms with Gasteiger partial charge < -0.3 is 18.9 Å². The molecule has 0 spiro atoms. The van der Waals surface area contributed by atoms with Crippen LogP contribution in [0.2, 0.25) is 0 Å². The molecule has 0 radical (unpaired) electrons. The molecule has 4 aromatic rings. The van der Waals surface area contributed by atoms with Crippen LogP contribution in [-0.4, -0.2) is 36.3 Å². The van der Waals surface area contributed by atoms with E-state index < -0.39 is 16.9 Å². The number of allylic oxidation sites excluding steroid dienone is 1. The number of nitro groups is 1. The number of non-ortho nitro benzene ring substituents is 1. The Hall–Kier alpha value is -3.77. The fourth-order valence-corrected chi connectivity index (χ4v) is 8.44. The van der Waals surface area contributed by atoms with Gasteiger partial charge in [0.05, 0.1) is 48.7 Å². The molecule has 2 heterocycles. The first kappa shape index (κ1) is 35.5. The van der Waals surface area contributed by atoms with Crippen molar-refractivity contribution in [2.45, 2.75) is 39.3 Å². The molecule has 3 aromatic carbocycles. The van der Waals surface area contributed by atoms with Gasteiger partial charge in [-0.25, -0.2) is 9.79 Å². The van der Waals surface area contributed by atoms with Gasteiger partial charge in [-0.2, -0.15) is 0 Å². The van der Waals surface area contributed by atoms with Gasteiger partial charge in [0.15, 0.2) is 4.80 Å². The van der Waals surface area contributed by atoms with Crippen molar-refractivity contribution in [3.05, 3.63) is 120 Å². The van der Waals surface area contributed by atoms with Crippen LogP contribution in [0.25, 0.3) is 6.08 Å². The van der Waals surface area contributed by atoms with Gasteiger partial charge in [-0.1, -0.05) is 24.7 Å². The molecule has 11 nitrogen and oxygen atoms in total. The van der Waals surface area contributed by atoms with E-state index in [2.05, 4.69) is 45.2 Å². The third kappa shape index (κ3) is 7.44. The molecule has 1 atom stereocenters. The fourth-order valence-electron chi connectivity index (χ4n) is 5.29. The fraction of sp³-hybridized carbons (Fsp3) is 0.265. The molecule has 48 heavy (non-hydrogen) atoms. The Labute approximate surface area is 307 Å². The molecule has 0 amide bonds. The highest BCUT2D eigenvalue weighted by atomic mass is 127. The Kier molecular flexibility index (Phi) is 11.6. The summed E-state index contributed by atoms with van der Waals surface area (Å²) in [6, 6.07) is 14.5. The van der Waals surface area contributed by atoms with Gasteiger partial charge in [0.25, 0.3) is 11.2 Å². The maximum Gasteiger partial charge on any atom is 0.338 e. The number of thiazole rings is 1. The molecule has 250 valence electrons. The number of aromatic nitrogens is 1. The maximum atomic E-state index is 14.3. The number of nitrogens with zero attached hydrogens (tertiary/aromatic N) is 3. The van der Waals surface area contributed by atoms with Crippen LogP contribution in [-0.2, 0) is 16.1 Å². The van der Waals surface area contributed by atoms with Gasteiger partial charge >= 0.3 is 5.97 Å². The van der Waals surface area contributed by atoms with Crippen molar-refractivity contribution in [3.63, 3.8) is 0 Å². The van der Waals surface area contributed by atoms with Crippen LogP contribution in [0.15, 0.2) is 75.7 Å². The van der Waals surface area contributed by atoms with E-state index in [0.717, 1.165) is 24.7 Å². The summed E-state index contributed by atoms with van der Waals surface area (Å²) in [5, 5.41) is 11.0. The topological polar surface area (TPSA) is 131 Å². The van der Waals surface area contributed by atoms with Gasteiger partial charge in [-0.3, -0.25) is 19.5 Å². The number of carbonyl (C=O) groups excluding carboxylic acids is 1. The minimum absolute atomic E-state index is 0.0187. The van der Waals surface area contributed by atoms with Gasteiger partial charge in [0.2, 0.25) is 0 Å². The molecule has 0 bridgehead atoms. The van der Waals surface area contributed by atoms with Crippen molar-refractivity contribution in [1.82, 2.24) is 4.57 Å². The SMILES string of the molecule is CCCC1=C(C(=O)OCC)[C@@H](c2cc(OC)ccc2OC)n2c(s/c(=C\c3cc(I)c(OCc4ccc([N+](=O)[O-])cc4)c(I)c3)c2=O)=N1. The molecule has 0 unspecified atom stereocenters. The summed E-state index contributed by atoms with van der Waals surface area (Å²) in [6.07, 6.45) is 3.05. The van der Waals surface area contributed by atoms with E-state index in [4.69, 9.17) is 23.9 Å². The normalized spacial score (nSPS) is 14.3. The summed E-state index contributed by atoms with van der Waals surface area (Å²) in [5.74, 6) is 1.16. The minimum atomic E-state index is -0.857. The lowest BCUT2D eigenvalue weighted by Crippen LogP contribution is -2.40. The third-order valence-corrected chi connectivity index (χ3v) is 10.1. The first-order valence-corrected chi connectivity index (χ1v) is 17.9.